The molecule has 1 atom stereocenters. The molecule has 1 saturated heterocycles. The summed E-state index contributed by atoms with van der Waals surface area (Å²) in [6.45, 7) is 1.07. The van der Waals surface area contributed by atoms with Crippen LogP contribution in [-0.4, -0.2) is 50.1 Å². The maximum absolute atomic E-state index is 12.9. The molecule has 0 aromatic heterocycles. The van der Waals surface area contributed by atoms with Crippen LogP contribution in [0.15, 0.2) is 12.1 Å². The zero-order chi connectivity index (χ0) is 18.0. The number of likely N-dealkylation sites (tertiary alicyclic amines) is 1. The highest BCUT2D eigenvalue weighted by atomic mass is 35.5. The van der Waals surface area contributed by atoms with Crippen molar-refractivity contribution in [3.63, 3.8) is 0 Å². The first-order valence-corrected chi connectivity index (χ1v) is 8.92. The molecule has 1 saturated carbocycles. The SMILES string of the molecule is COc1cc(C(=O)N2CCCC(C(=O)NC3CC3)C2)cc(Cl)c1OC. The first-order chi connectivity index (χ1) is 12.0. The Morgan fingerprint density at radius 2 is 1.96 bits per heavy atom. The Balaban J connectivity index is 1.73. The summed E-state index contributed by atoms with van der Waals surface area (Å²) in [5, 5.41) is 3.36. The van der Waals surface area contributed by atoms with Crippen LogP contribution in [-0.2, 0) is 4.79 Å². The Morgan fingerprint density at radius 3 is 2.60 bits per heavy atom. The summed E-state index contributed by atoms with van der Waals surface area (Å²) < 4.78 is 10.5. The van der Waals surface area contributed by atoms with Crippen molar-refractivity contribution in [2.24, 2.45) is 5.92 Å². The quantitative estimate of drug-likeness (QED) is 0.869. The van der Waals surface area contributed by atoms with Gasteiger partial charge in [-0.3, -0.25) is 9.59 Å². The fourth-order valence-corrected chi connectivity index (χ4v) is 3.43. The Morgan fingerprint density at radius 1 is 1.20 bits per heavy atom. The second-order valence-corrected chi connectivity index (χ2v) is 6.97. The van der Waals surface area contributed by atoms with E-state index >= 15 is 0 Å². The number of carbonyl (C=O) groups excluding carboxylic acids is 2. The second-order valence-electron chi connectivity index (χ2n) is 6.57. The molecule has 0 bridgehead atoms. The van der Waals surface area contributed by atoms with Crippen LogP contribution in [0.25, 0.3) is 0 Å². The lowest BCUT2D eigenvalue weighted by Gasteiger charge is -2.32. The fourth-order valence-electron chi connectivity index (χ4n) is 3.15. The number of hydrogen-bond donors (Lipinski definition) is 1. The van der Waals surface area contributed by atoms with Crippen LogP contribution in [0.2, 0.25) is 5.02 Å². The largest absolute Gasteiger partial charge is 0.493 e. The van der Waals surface area contributed by atoms with Crippen LogP contribution in [0.1, 0.15) is 36.0 Å². The van der Waals surface area contributed by atoms with E-state index in [1.165, 1.54) is 14.2 Å². The van der Waals surface area contributed by atoms with E-state index < -0.39 is 0 Å². The van der Waals surface area contributed by atoms with Gasteiger partial charge < -0.3 is 19.7 Å². The summed E-state index contributed by atoms with van der Waals surface area (Å²) in [6.07, 6.45) is 3.75. The number of hydrogen-bond acceptors (Lipinski definition) is 4. The zero-order valence-electron chi connectivity index (χ0n) is 14.5. The van der Waals surface area contributed by atoms with Gasteiger partial charge in [0, 0.05) is 24.7 Å². The molecule has 1 aromatic carbocycles. The standard InChI is InChI=1S/C18H23ClN2O4/c1-24-15-9-12(8-14(19)16(15)25-2)18(23)21-7-3-4-11(10-21)17(22)20-13-5-6-13/h8-9,11,13H,3-7,10H2,1-2H3,(H,20,22). The van der Waals surface area contributed by atoms with Crippen LogP contribution in [0, 0.1) is 5.92 Å². The first-order valence-electron chi connectivity index (χ1n) is 8.54. The molecule has 136 valence electrons. The Labute approximate surface area is 152 Å². The van der Waals surface area contributed by atoms with Crippen molar-refractivity contribution < 1.29 is 19.1 Å². The molecule has 25 heavy (non-hydrogen) atoms. The number of amides is 2. The fraction of sp³-hybridized carbons (Fsp3) is 0.556. The van der Waals surface area contributed by atoms with Crippen LogP contribution < -0.4 is 14.8 Å². The third kappa shape index (κ3) is 4.00. The third-order valence-electron chi connectivity index (χ3n) is 4.68. The Hall–Kier alpha value is -1.95. The van der Waals surface area contributed by atoms with Crippen molar-refractivity contribution >= 4 is 23.4 Å². The normalized spacial score (nSPS) is 20.1. The molecule has 7 heteroatoms. The molecule has 2 amide bonds. The minimum Gasteiger partial charge on any atom is -0.493 e. The molecule has 1 heterocycles. The highest BCUT2D eigenvalue weighted by molar-refractivity contribution is 6.32. The maximum atomic E-state index is 12.9. The molecule has 1 aliphatic carbocycles. The average Bonchev–Trinajstić information content (AvgIpc) is 3.44. The van der Waals surface area contributed by atoms with Crippen molar-refractivity contribution in [3.8, 4) is 11.5 Å². The van der Waals surface area contributed by atoms with E-state index in [2.05, 4.69) is 5.32 Å². The Kier molecular flexibility index (Phi) is 5.37. The topological polar surface area (TPSA) is 67.9 Å². The number of carbonyl (C=O) groups is 2. The molecule has 1 N–H and O–H groups in total. The van der Waals surface area contributed by atoms with E-state index in [0.29, 0.717) is 41.2 Å². The number of halogens is 1. The summed E-state index contributed by atoms with van der Waals surface area (Å²) in [4.78, 5) is 26.9. The van der Waals surface area contributed by atoms with Crippen molar-refractivity contribution in [2.45, 2.75) is 31.7 Å². The molecule has 0 spiro atoms. The number of ether oxygens (including phenoxy) is 2. The summed E-state index contributed by atoms with van der Waals surface area (Å²) in [5.41, 5.74) is 0.436. The maximum Gasteiger partial charge on any atom is 0.254 e. The van der Waals surface area contributed by atoms with Gasteiger partial charge in [-0.05, 0) is 37.8 Å². The number of methoxy groups -OCH3 is 2. The predicted octanol–water partition coefficient (Wildman–Crippen LogP) is 2.49. The average molecular weight is 367 g/mol. The zero-order valence-corrected chi connectivity index (χ0v) is 15.3. The summed E-state index contributed by atoms with van der Waals surface area (Å²) in [6, 6.07) is 3.54. The van der Waals surface area contributed by atoms with E-state index in [0.717, 1.165) is 25.7 Å². The monoisotopic (exact) mass is 366 g/mol. The van der Waals surface area contributed by atoms with Gasteiger partial charge in [-0.1, -0.05) is 11.6 Å². The minimum atomic E-state index is -0.147. The lowest BCUT2D eigenvalue weighted by Crippen LogP contribution is -2.45. The highest BCUT2D eigenvalue weighted by Gasteiger charge is 2.32. The molecular formula is C18H23ClN2O4. The van der Waals surface area contributed by atoms with Gasteiger partial charge in [-0.25, -0.2) is 0 Å². The van der Waals surface area contributed by atoms with E-state index in [-0.39, 0.29) is 17.7 Å². The third-order valence-corrected chi connectivity index (χ3v) is 4.96. The van der Waals surface area contributed by atoms with Gasteiger partial charge in [0.15, 0.2) is 11.5 Å². The van der Waals surface area contributed by atoms with Gasteiger partial charge >= 0.3 is 0 Å². The first kappa shape index (κ1) is 17.9. The highest BCUT2D eigenvalue weighted by Crippen LogP contribution is 2.36. The number of nitrogens with zero attached hydrogens (tertiary/aromatic N) is 1. The minimum absolute atomic E-state index is 0.0605. The van der Waals surface area contributed by atoms with Gasteiger partial charge in [0.05, 0.1) is 25.2 Å². The molecule has 1 aliphatic heterocycles. The number of piperidine rings is 1. The van der Waals surface area contributed by atoms with Gasteiger partial charge in [-0.2, -0.15) is 0 Å². The second kappa shape index (κ2) is 7.52. The molecule has 0 radical (unpaired) electrons. The molecular weight excluding hydrogens is 344 g/mol. The van der Waals surface area contributed by atoms with Crippen molar-refractivity contribution in [1.82, 2.24) is 10.2 Å². The molecule has 3 rings (SSSR count). The summed E-state index contributed by atoms with van der Waals surface area (Å²) in [7, 11) is 3.00. The molecule has 6 nitrogen and oxygen atoms in total. The molecule has 1 unspecified atom stereocenters. The van der Waals surface area contributed by atoms with Crippen LogP contribution in [0.4, 0.5) is 0 Å². The van der Waals surface area contributed by atoms with E-state index in [1.807, 2.05) is 0 Å². The van der Waals surface area contributed by atoms with E-state index in [4.69, 9.17) is 21.1 Å². The van der Waals surface area contributed by atoms with Gasteiger partial charge in [-0.15, -0.1) is 0 Å². The lowest BCUT2D eigenvalue weighted by atomic mass is 9.96. The number of nitrogens with one attached hydrogen (secondary N) is 1. The molecule has 1 aromatic rings. The van der Waals surface area contributed by atoms with Crippen molar-refractivity contribution in [3.05, 3.63) is 22.7 Å². The van der Waals surface area contributed by atoms with Crippen LogP contribution in [0.3, 0.4) is 0 Å². The summed E-state index contributed by atoms with van der Waals surface area (Å²) in [5.74, 6) is 0.588. The van der Waals surface area contributed by atoms with Crippen LogP contribution >= 0.6 is 11.6 Å². The summed E-state index contributed by atoms with van der Waals surface area (Å²) >= 11 is 6.20. The Bertz CT molecular complexity index is 675. The van der Waals surface area contributed by atoms with Crippen LogP contribution in [0.5, 0.6) is 11.5 Å². The van der Waals surface area contributed by atoms with Gasteiger partial charge in [0.2, 0.25) is 5.91 Å². The number of rotatable bonds is 5. The van der Waals surface area contributed by atoms with Gasteiger partial charge in [0.1, 0.15) is 0 Å². The van der Waals surface area contributed by atoms with Gasteiger partial charge in [0.25, 0.3) is 5.91 Å². The predicted molar refractivity (Wildman–Crippen MR) is 94.3 cm³/mol. The van der Waals surface area contributed by atoms with E-state index in [9.17, 15) is 9.59 Å². The van der Waals surface area contributed by atoms with Crippen molar-refractivity contribution in [2.75, 3.05) is 27.3 Å². The number of benzene rings is 1. The molecule has 2 aliphatic rings. The lowest BCUT2D eigenvalue weighted by molar-refractivity contribution is -0.126. The van der Waals surface area contributed by atoms with Crippen molar-refractivity contribution in [1.29, 1.82) is 0 Å². The van der Waals surface area contributed by atoms with E-state index in [1.54, 1.807) is 17.0 Å². The molecule has 2 fully saturated rings. The smallest absolute Gasteiger partial charge is 0.254 e.